The Labute approximate surface area is 78.4 Å². The summed E-state index contributed by atoms with van der Waals surface area (Å²) in [6, 6.07) is 0.590. The summed E-state index contributed by atoms with van der Waals surface area (Å²) in [6.07, 6.45) is 6.11. The van der Waals surface area contributed by atoms with Crippen LogP contribution in [0.3, 0.4) is 0 Å². The molecule has 2 rings (SSSR count). The van der Waals surface area contributed by atoms with Crippen molar-refractivity contribution < 1.29 is 0 Å². The molecule has 1 aromatic heterocycles. The molecular formula is C9H16N4. The molecule has 0 bridgehead atoms. The summed E-state index contributed by atoms with van der Waals surface area (Å²) in [4.78, 5) is 3.94. The molecule has 1 saturated carbocycles. The molecule has 4 nitrogen and oxygen atoms in total. The van der Waals surface area contributed by atoms with Gasteiger partial charge in [-0.15, -0.1) is 0 Å². The van der Waals surface area contributed by atoms with Gasteiger partial charge < -0.3 is 5.32 Å². The number of nitrogens with one attached hydrogen (secondary N) is 1. The molecule has 0 aromatic carbocycles. The van der Waals surface area contributed by atoms with Gasteiger partial charge in [-0.25, -0.2) is 4.98 Å². The van der Waals surface area contributed by atoms with Gasteiger partial charge in [0.25, 0.3) is 0 Å². The van der Waals surface area contributed by atoms with Gasteiger partial charge in [-0.2, -0.15) is 5.10 Å². The van der Waals surface area contributed by atoms with E-state index in [1.54, 1.807) is 12.7 Å². The molecule has 0 saturated heterocycles. The Morgan fingerprint density at radius 1 is 1.62 bits per heavy atom. The highest BCUT2D eigenvalue weighted by molar-refractivity contribution is 4.86. The summed E-state index contributed by atoms with van der Waals surface area (Å²) < 4.78 is 1.91. The first-order valence-corrected chi connectivity index (χ1v) is 4.96. The predicted octanol–water partition coefficient (Wildman–Crippen LogP) is 0.666. The Kier molecular flexibility index (Phi) is 2.59. The largest absolute Gasteiger partial charge is 0.312 e. The zero-order chi connectivity index (χ0) is 9.10. The lowest BCUT2D eigenvalue weighted by atomic mass is 10.2. The Hall–Kier alpha value is -0.900. The molecule has 1 aliphatic carbocycles. The Bertz CT molecular complexity index is 240. The molecular weight excluding hydrogens is 164 g/mol. The van der Waals surface area contributed by atoms with Crippen molar-refractivity contribution in [2.24, 2.45) is 5.92 Å². The third-order valence-electron chi connectivity index (χ3n) is 2.51. The summed E-state index contributed by atoms with van der Waals surface area (Å²) in [5.74, 6) is 0.865. The normalized spacial score (nSPS) is 18.8. The molecule has 1 aromatic rings. The maximum atomic E-state index is 4.11. The van der Waals surface area contributed by atoms with Crippen LogP contribution in [0.5, 0.6) is 0 Å². The number of hydrogen-bond acceptors (Lipinski definition) is 3. The fourth-order valence-electron chi connectivity index (χ4n) is 1.67. The Morgan fingerprint density at radius 3 is 3.00 bits per heavy atom. The fraction of sp³-hybridized carbons (Fsp3) is 0.778. The molecule has 72 valence electrons. The van der Waals surface area contributed by atoms with Crippen LogP contribution < -0.4 is 5.32 Å². The van der Waals surface area contributed by atoms with Gasteiger partial charge >= 0.3 is 0 Å². The SMILES string of the molecule is CCNC(Cn1cncn1)C1CC1. The molecule has 4 heteroatoms. The van der Waals surface area contributed by atoms with Crippen LogP contribution in [-0.4, -0.2) is 27.4 Å². The van der Waals surface area contributed by atoms with E-state index in [1.165, 1.54) is 12.8 Å². The van der Waals surface area contributed by atoms with Crippen LogP contribution in [0.1, 0.15) is 19.8 Å². The molecule has 0 aliphatic heterocycles. The van der Waals surface area contributed by atoms with Crippen molar-refractivity contribution in [2.45, 2.75) is 32.4 Å². The van der Waals surface area contributed by atoms with E-state index in [9.17, 15) is 0 Å². The molecule has 0 spiro atoms. The minimum atomic E-state index is 0.590. The topological polar surface area (TPSA) is 42.7 Å². The van der Waals surface area contributed by atoms with Crippen molar-refractivity contribution in [1.82, 2.24) is 20.1 Å². The van der Waals surface area contributed by atoms with Gasteiger partial charge in [0.2, 0.25) is 0 Å². The van der Waals surface area contributed by atoms with Gasteiger partial charge in [0.1, 0.15) is 12.7 Å². The molecule has 1 atom stereocenters. The van der Waals surface area contributed by atoms with Gasteiger partial charge in [0, 0.05) is 6.04 Å². The lowest BCUT2D eigenvalue weighted by Gasteiger charge is -2.16. The molecule has 1 fully saturated rings. The number of likely N-dealkylation sites (N-methyl/N-ethyl adjacent to an activating group) is 1. The molecule has 1 N–H and O–H groups in total. The van der Waals surface area contributed by atoms with Crippen molar-refractivity contribution in [3.05, 3.63) is 12.7 Å². The summed E-state index contributed by atoms with van der Waals surface area (Å²) in [6.45, 7) is 4.14. The first-order valence-electron chi connectivity index (χ1n) is 4.96. The van der Waals surface area contributed by atoms with Crippen molar-refractivity contribution in [2.75, 3.05) is 6.54 Å². The van der Waals surface area contributed by atoms with E-state index >= 15 is 0 Å². The highest BCUT2D eigenvalue weighted by Crippen LogP contribution is 2.33. The summed E-state index contributed by atoms with van der Waals surface area (Å²) in [7, 11) is 0. The maximum Gasteiger partial charge on any atom is 0.137 e. The minimum absolute atomic E-state index is 0.590. The highest BCUT2D eigenvalue weighted by atomic mass is 15.3. The van der Waals surface area contributed by atoms with Crippen molar-refractivity contribution in [1.29, 1.82) is 0 Å². The quantitative estimate of drug-likeness (QED) is 0.724. The average Bonchev–Trinajstić information content (AvgIpc) is 2.85. The van der Waals surface area contributed by atoms with Crippen LogP contribution >= 0.6 is 0 Å². The van der Waals surface area contributed by atoms with Crippen molar-refractivity contribution in [3.8, 4) is 0 Å². The third kappa shape index (κ3) is 2.28. The predicted molar refractivity (Wildman–Crippen MR) is 50.2 cm³/mol. The fourth-order valence-corrected chi connectivity index (χ4v) is 1.67. The van der Waals surface area contributed by atoms with Crippen LogP contribution in [0.2, 0.25) is 0 Å². The van der Waals surface area contributed by atoms with E-state index < -0.39 is 0 Å². The minimum Gasteiger partial charge on any atom is -0.312 e. The molecule has 0 radical (unpaired) electrons. The monoisotopic (exact) mass is 180 g/mol. The molecule has 13 heavy (non-hydrogen) atoms. The number of aromatic nitrogens is 3. The van der Waals surface area contributed by atoms with Crippen LogP contribution in [-0.2, 0) is 6.54 Å². The Morgan fingerprint density at radius 2 is 2.46 bits per heavy atom. The highest BCUT2D eigenvalue weighted by Gasteiger charge is 2.30. The van der Waals surface area contributed by atoms with Gasteiger partial charge in [-0.3, -0.25) is 4.68 Å². The second-order valence-corrected chi connectivity index (χ2v) is 3.62. The molecule has 1 aliphatic rings. The van der Waals surface area contributed by atoms with E-state index in [0.717, 1.165) is 19.0 Å². The van der Waals surface area contributed by atoms with Gasteiger partial charge in [-0.05, 0) is 25.3 Å². The first kappa shape index (κ1) is 8.69. The summed E-state index contributed by atoms with van der Waals surface area (Å²) in [5.41, 5.74) is 0. The first-order chi connectivity index (χ1) is 6.40. The number of hydrogen-bond donors (Lipinski definition) is 1. The zero-order valence-electron chi connectivity index (χ0n) is 7.98. The maximum absolute atomic E-state index is 4.11. The Balaban J connectivity index is 1.89. The van der Waals surface area contributed by atoms with Crippen LogP contribution in [0.15, 0.2) is 12.7 Å². The van der Waals surface area contributed by atoms with Gasteiger partial charge in [0.15, 0.2) is 0 Å². The van der Waals surface area contributed by atoms with E-state index in [-0.39, 0.29) is 0 Å². The van der Waals surface area contributed by atoms with Crippen LogP contribution in [0.25, 0.3) is 0 Å². The molecule has 1 unspecified atom stereocenters. The zero-order valence-corrected chi connectivity index (χ0v) is 7.98. The van der Waals surface area contributed by atoms with Gasteiger partial charge in [-0.1, -0.05) is 6.92 Å². The van der Waals surface area contributed by atoms with E-state index in [2.05, 4.69) is 22.3 Å². The van der Waals surface area contributed by atoms with Crippen LogP contribution in [0.4, 0.5) is 0 Å². The van der Waals surface area contributed by atoms with Crippen molar-refractivity contribution >= 4 is 0 Å². The lowest BCUT2D eigenvalue weighted by Crippen LogP contribution is -2.35. The number of nitrogens with zero attached hydrogens (tertiary/aromatic N) is 3. The molecule has 0 amide bonds. The standard InChI is InChI=1S/C9H16N4/c1-2-11-9(8-3-4-8)5-13-7-10-6-12-13/h6-9,11H,2-5H2,1H3. The second kappa shape index (κ2) is 3.87. The number of rotatable bonds is 5. The third-order valence-corrected chi connectivity index (χ3v) is 2.51. The van der Waals surface area contributed by atoms with Crippen molar-refractivity contribution in [3.63, 3.8) is 0 Å². The second-order valence-electron chi connectivity index (χ2n) is 3.62. The lowest BCUT2D eigenvalue weighted by molar-refractivity contribution is 0.396. The molecule has 1 heterocycles. The van der Waals surface area contributed by atoms with Crippen LogP contribution in [0, 0.1) is 5.92 Å². The smallest absolute Gasteiger partial charge is 0.137 e. The summed E-state index contributed by atoms with van der Waals surface area (Å²) >= 11 is 0. The van der Waals surface area contributed by atoms with E-state index in [1.807, 2.05) is 4.68 Å². The van der Waals surface area contributed by atoms with Gasteiger partial charge in [0.05, 0.1) is 6.54 Å². The summed E-state index contributed by atoms with van der Waals surface area (Å²) in [5, 5.41) is 7.61. The van der Waals surface area contributed by atoms with E-state index in [0.29, 0.717) is 6.04 Å². The average molecular weight is 180 g/mol. The van der Waals surface area contributed by atoms with E-state index in [4.69, 9.17) is 0 Å².